The number of rotatable bonds is 6. The van der Waals surface area contributed by atoms with Gasteiger partial charge in [-0.3, -0.25) is 14.9 Å². The maximum absolute atomic E-state index is 12.4. The summed E-state index contributed by atoms with van der Waals surface area (Å²) in [6.45, 7) is 1.63. The normalized spacial score (nSPS) is 10.1. The summed E-state index contributed by atoms with van der Waals surface area (Å²) in [4.78, 5) is 23.4. The number of hydrogen-bond donors (Lipinski definition) is 1. The highest BCUT2D eigenvalue weighted by molar-refractivity contribution is 6.34. The van der Waals surface area contributed by atoms with E-state index in [1.807, 2.05) is 0 Å². The highest BCUT2D eigenvalue weighted by Gasteiger charge is 2.13. The lowest BCUT2D eigenvalue weighted by Gasteiger charge is -2.06. The topological polar surface area (TPSA) is 46.2 Å². The lowest BCUT2D eigenvalue weighted by atomic mass is 10.1. The predicted molar refractivity (Wildman–Crippen MR) is 77.3 cm³/mol. The first kappa shape index (κ1) is 17.3. The summed E-state index contributed by atoms with van der Waals surface area (Å²) in [6, 6.07) is 6.35. The zero-order valence-electron chi connectivity index (χ0n) is 11.6. The van der Waals surface area contributed by atoms with Crippen LogP contribution in [0.25, 0.3) is 0 Å². The summed E-state index contributed by atoms with van der Waals surface area (Å²) in [5.74, 6) is -1.09. The molecule has 0 bridgehead atoms. The van der Waals surface area contributed by atoms with E-state index in [1.54, 1.807) is 25.1 Å². The minimum Gasteiger partial charge on any atom is -0.292 e. The molecule has 114 valence electrons. The second-order valence-electron chi connectivity index (χ2n) is 4.43. The Hall–Kier alpha value is -1.75. The van der Waals surface area contributed by atoms with Crippen LogP contribution in [0.4, 0.5) is 8.78 Å². The van der Waals surface area contributed by atoms with Crippen molar-refractivity contribution >= 4 is 23.4 Å². The van der Waals surface area contributed by atoms with Gasteiger partial charge in [-0.2, -0.15) is 8.78 Å². The fourth-order valence-corrected chi connectivity index (χ4v) is 1.99. The predicted octanol–water partition coefficient (Wildman–Crippen LogP) is 4.33. The van der Waals surface area contributed by atoms with Crippen molar-refractivity contribution in [2.75, 3.05) is 0 Å². The van der Waals surface area contributed by atoms with Crippen LogP contribution in [0.1, 0.15) is 43.0 Å². The molecule has 6 heteroatoms. The van der Waals surface area contributed by atoms with Crippen LogP contribution in [0, 0.1) is 0 Å². The van der Waals surface area contributed by atoms with E-state index in [0.717, 1.165) is 0 Å². The van der Waals surface area contributed by atoms with Gasteiger partial charge >= 0.3 is 0 Å². The Balaban J connectivity index is 2.46. The third kappa shape index (κ3) is 5.63. The van der Waals surface area contributed by atoms with Crippen molar-refractivity contribution in [2.24, 2.45) is 0 Å². The molecule has 0 heterocycles. The number of hydrogen-bond acceptors (Lipinski definition) is 2. The van der Waals surface area contributed by atoms with Crippen molar-refractivity contribution in [3.8, 4) is 0 Å². The molecular weight excluding hydrogens is 300 g/mol. The van der Waals surface area contributed by atoms with Crippen LogP contribution in [0.15, 0.2) is 35.9 Å². The molecule has 1 aromatic carbocycles. The van der Waals surface area contributed by atoms with Crippen molar-refractivity contribution in [3.63, 3.8) is 0 Å². The smallest absolute Gasteiger partial charge is 0.269 e. The van der Waals surface area contributed by atoms with E-state index in [2.05, 4.69) is 5.32 Å². The van der Waals surface area contributed by atoms with Crippen LogP contribution in [0.2, 0.25) is 5.02 Å². The molecule has 0 aliphatic heterocycles. The second kappa shape index (κ2) is 8.52. The van der Waals surface area contributed by atoms with Crippen LogP contribution >= 0.6 is 11.6 Å². The highest BCUT2D eigenvalue weighted by Crippen LogP contribution is 2.18. The molecule has 0 aliphatic carbocycles. The average Bonchev–Trinajstić information content (AvgIpc) is 2.43. The first-order chi connectivity index (χ1) is 9.95. The summed E-state index contributed by atoms with van der Waals surface area (Å²) in [5, 5.41) is 2.44. The molecule has 0 saturated carbocycles. The fraction of sp³-hybridized carbons (Fsp3) is 0.333. The molecule has 0 atom stereocenters. The van der Waals surface area contributed by atoms with Crippen LogP contribution in [-0.2, 0) is 4.79 Å². The van der Waals surface area contributed by atoms with Gasteiger partial charge in [0, 0.05) is 6.42 Å². The Labute approximate surface area is 127 Å². The van der Waals surface area contributed by atoms with E-state index in [-0.39, 0.29) is 41.8 Å². The first-order valence-corrected chi connectivity index (χ1v) is 6.95. The van der Waals surface area contributed by atoms with Crippen molar-refractivity contribution in [1.29, 1.82) is 0 Å². The molecule has 2 amide bonds. The van der Waals surface area contributed by atoms with Crippen LogP contribution in [0.5, 0.6) is 0 Å². The van der Waals surface area contributed by atoms with Gasteiger partial charge in [-0.1, -0.05) is 30.7 Å². The van der Waals surface area contributed by atoms with Gasteiger partial charge in [-0.05, 0) is 37.0 Å². The molecule has 1 aromatic rings. The number of halogens is 3. The van der Waals surface area contributed by atoms with Crippen molar-refractivity contribution in [2.45, 2.75) is 32.6 Å². The number of nitrogens with one attached hydrogen (secondary N) is 1. The summed E-state index contributed by atoms with van der Waals surface area (Å²) in [7, 11) is 0. The van der Waals surface area contributed by atoms with Crippen LogP contribution < -0.4 is 5.32 Å². The molecule has 0 radical (unpaired) electrons. The van der Waals surface area contributed by atoms with Crippen LogP contribution in [0.3, 0.4) is 0 Å². The van der Waals surface area contributed by atoms with Gasteiger partial charge in [0.25, 0.3) is 12.0 Å². The molecule has 1 rings (SSSR count). The minimum atomic E-state index is -1.69. The molecule has 0 aromatic heterocycles. The maximum Gasteiger partial charge on any atom is 0.269 e. The van der Waals surface area contributed by atoms with Gasteiger partial charge in [0.2, 0.25) is 5.91 Å². The molecule has 21 heavy (non-hydrogen) atoms. The van der Waals surface area contributed by atoms with Gasteiger partial charge in [-0.15, -0.1) is 0 Å². The van der Waals surface area contributed by atoms with Crippen molar-refractivity contribution in [3.05, 3.63) is 46.5 Å². The molecule has 0 spiro atoms. The Morgan fingerprint density at radius 2 is 1.86 bits per heavy atom. The third-order valence-electron chi connectivity index (χ3n) is 2.95. The van der Waals surface area contributed by atoms with Crippen molar-refractivity contribution < 1.29 is 18.4 Å². The quantitative estimate of drug-likeness (QED) is 0.849. The molecule has 0 saturated heterocycles. The summed E-state index contributed by atoms with van der Waals surface area (Å²) in [6.07, 6.45) is -1.02. The molecular formula is C15H16ClF2NO2. The molecule has 0 fully saturated rings. The number of carbonyl (C=O) groups excluding carboxylic acids is 2. The monoisotopic (exact) mass is 315 g/mol. The average molecular weight is 316 g/mol. The Kier molecular flexibility index (Phi) is 7.02. The molecule has 0 aliphatic rings. The maximum atomic E-state index is 12.4. The van der Waals surface area contributed by atoms with Gasteiger partial charge in [0.05, 0.1) is 10.6 Å². The lowest BCUT2D eigenvalue weighted by molar-refractivity contribution is -0.120. The zero-order valence-corrected chi connectivity index (χ0v) is 12.3. The number of amides is 2. The summed E-state index contributed by atoms with van der Waals surface area (Å²) < 4.78 is 24.8. The number of imide groups is 1. The molecule has 1 N–H and O–H groups in total. The Morgan fingerprint density at radius 1 is 1.19 bits per heavy atom. The Morgan fingerprint density at radius 3 is 2.43 bits per heavy atom. The molecule has 3 nitrogen and oxygen atoms in total. The summed E-state index contributed by atoms with van der Waals surface area (Å²) in [5.41, 5.74) is 0.247. The largest absolute Gasteiger partial charge is 0.292 e. The first-order valence-electron chi connectivity index (χ1n) is 6.57. The highest BCUT2D eigenvalue weighted by atomic mass is 35.5. The fourth-order valence-electron chi connectivity index (χ4n) is 1.77. The van der Waals surface area contributed by atoms with E-state index < -0.39 is 17.9 Å². The standard InChI is InChI=1S/C15H16ClF2NO2/c1-2-10(14(17)18)6-5-9-13(20)19-15(21)11-7-3-4-8-12(11)16/h3-4,7-8H,2,5-6,9H2,1H3,(H,19,20,21). The molecule has 0 unspecified atom stereocenters. The van der Waals surface area contributed by atoms with Crippen molar-refractivity contribution in [1.82, 2.24) is 5.32 Å². The van der Waals surface area contributed by atoms with Gasteiger partial charge < -0.3 is 0 Å². The lowest BCUT2D eigenvalue weighted by Crippen LogP contribution is -2.30. The SMILES string of the molecule is CCC(CCCC(=O)NC(=O)c1ccccc1Cl)=C(F)F. The van der Waals surface area contributed by atoms with Gasteiger partial charge in [0.15, 0.2) is 0 Å². The minimum absolute atomic E-state index is 0.00692. The van der Waals surface area contributed by atoms with Gasteiger partial charge in [-0.25, -0.2) is 0 Å². The van der Waals surface area contributed by atoms with E-state index in [0.29, 0.717) is 0 Å². The number of benzene rings is 1. The van der Waals surface area contributed by atoms with E-state index >= 15 is 0 Å². The van der Waals surface area contributed by atoms with E-state index in [4.69, 9.17) is 11.6 Å². The van der Waals surface area contributed by atoms with E-state index in [1.165, 1.54) is 6.07 Å². The van der Waals surface area contributed by atoms with Gasteiger partial charge in [0.1, 0.15) is 0 Å². The number of carbonyl (C=O) groups is 2. The van der Waals surface area contributed by atoms with E-state index in [9.17, 15) is 18.4 Å². The summed E-state index contributed by atoms with van der Waals surface area (Å²) >= 11 is 5.84. The third-order valence-corrected chi connectivity index (χ3v) is 3.28. The second-order valence-corrected chi connectivity index (χ2v) is 4.84. The number of allylic oxidation sites excluding steroid dienone is 1. The zero-order chi connectivity index (χ0) is 15.8. The Bertz CT molecular complexity index is 554. The van der Waals surface area contributed by atoms with Crippen LogP contribution in [-0.4, -0.2) is 11.8 Å².